The van der Waals surface area contributed by atoms with Crippen molar-refractivity contribution in [3.63, 3.8) is 0 Å². The van der Waals surface area contributed by atoms with Gasteiger partial charge in [-0.25, -0.2) is 0 Å². The van der Waals surface area contributed by atoms with E-state index in [1.807, 2.05) is 19.2 Å². The molecule has 0 aliphatic heterocycles. The van der Waals surface area contributed by atoms with Crippen LogP contribution in [0.5, 0.6) is 0 Å². The van der Waals surface area contributed by atoms with E-state index in [0.717, 1.165) is 15.9 Å². The third kappa shape index (κ3) is 4.32. The number of rotatable bonds is 5. The van der Waals surface area contributed by atoms with Crippen LogP contribution in [-0.4, -0.2) is 7.05 Å². The van der Waals surface area contributed by atoms with Crippen LogP contribution in [0.25, 0.3) is 0 Å². The maximum atomic E-state index is 6.21. The van der Waals surface area contributed by atoms with Gasteiger partial charge in [-0.15, -0.1) is 0 Å². The van der Waals surface area contributed by atoms with Crippen molar-refractivity contribution in [2.75, 3.05) is 7.05 Å². The van der Waals surface area contributed by atoms with E-state index in [9.17, 15) is 0 Å². The van der Waals surface area contributed by atoms with E-state index in [2.05, 4.69) is 65.4 Å². The second kappa shape index (κ2) is 7.44. The molecule has 0 aliphatic rings. The summed E-state index contributed by atoms with van der Waals surface area (Å²) < 4.78 is 0.926. The summed E-state index contributed by atoms with van der Waals surface area (Å²) in [5.74, 6) is 0.682. The zero-order chi connectivity index (χ0) is 15.4. The first-order valence-electron chi connectivity index (χ1n) is 7.22. The maximum Gasteiger partial charge on any atom is 0.0574 e. The molecule has 0 spiro atoms. The summed E-state index contributed by atoms with van der Waals surface area (Å²) in [4.78, 5) is 0. The fraction of sp³-hybridized carbons (Fsp3) is 0.333. The summed E-state index contributed by atoms with van der Waals surface area (Å²) in [6.07, 6.45) is 1.12. The lowest BCUT2D eigenvalue weighted by atomic mass is 9.96. The largest absolute Gasteiger partial charge is 0.309 e. The number of nitrogens with one attached hydrogen (secondary N) is 1. The van der Waals surface area contributed by atoms with E-state index < -0.39 is 0 Å². The molecule has 0 radical (unpaired) electrons. The minimum atomic E-state index is 0.156. The Morgan fingerprint density at radius 2 is 1.67 bits per heavy atom. The molecule has 2 rings (SSSR count). The van der Waals surface area contributed by atoms with Gasteiger partial charge in [0.15, 0.2) is 0 Å². The lowest BCUT2D eigenvalue weighted by Crippen LogP contribution is -2.17. The Bertz CT molecular complexity index is 593. The molecule has 1 nitrogen and oxygen atoms in total. The molecule has 2 aromatic carbocycles. The van der Waals surface area contributed by atoms with Gasteiger partial charge in [-0.3, -0.25) is 0 Å². The van der Waals surface area contributed by atoms with Gasteiger partial charge in [0, 0.05) is 4.47 Å². The van der Waals surface area contributed by atoms with Gasteiger partial charge in [-0.05, 0) is 64.1 Å². The maximum absolute atomic E-state index is 6.21. The molecule has 21 heavy (non-hydrogen) atoms. The zero-order valence-corrected chi connectivity index (χ0v) is 15.0. The average molecular weight is 367 g/mol. The van der Waals surface area contributed by atoms with Crippen molar-refractivity contribution in [3.8, 4) is 0 Å². The van der Waals surface area contributed by atoms with Crippen molar-refractivity contribution in [1.29, 1.82) is 0 Å². The molecular weight excluding hydrogens is 346 g/mol. The monoisotopic (exact) mass is 365 g/mol. The van der Waals surface area contributed by atoms with E-state index in [1.165, 1.54) is 16.7 Å². The molecule has 1 unspecified atom stereocenters. The Hall–Kier alpha value is -0.830. The molecule has 112 valence electrons. The quantitative estimate of drug-likeness (QED) is 0.725. The predicted octanol–water partition coefficient (Wildman–Crippen LogP) is 5.61. The topological polar surface area (TPSA) is 12.0 Å². The molecule has 1 N–H and O–H groups in total. The summed E-state index contributed by atoms with van der Waals surface area (Å²) >= 11 is 9.65. The smallest absolute Gasteiger partial charge is 0.0574 e. The number of hydrogen-bond donors (Lipinski definition) is 1. The number of hydrogen-bond acceptors (Lipinski definition) is 1. The first-order chi connectivity index (χ1) is 10.0. The summed E-state index contributed by atoms with van der Waals surface area (Å²) in [6, 6.07) is 15.1. The van der Waals surface area contributed by atoms with Crippen LogP contribution in [0.2, 0.25) is 5.02 Å². The molecule has 0 bridgehead atoms. The fourth-order valence-corrected chi connectivity index (χ4v) is 2.97. The SMILES string of the molecule is CNC(c1ccc(CC(C)C)cc1)c1ccc(Br)c(Cl)c1. The van der Waals surface area contributed by atoms with Crippen LogP contribution in [0.4, 0.5) is 0 Å². The minimum absolute atomic E-state index is 0.156. The molecule has 0 aromatic heterocycles. The molecule has 0 saturated carbocycles. The highest BCUT2D eigenvalue weighted by Gasteiger charge is 2.13. The third-order valence-electron chi connectivity index (χ3n) is 3.52. The van der Waals surface area contributed by atoms with E-state index in [4.69, 9.17) is 11.6 Å². The van der Waals surface area contributed by atoms with Crippen molar-refractivity contribution in [3.05, 3.63) is 68.7 Å². The molecule has 2 aromatic rings. The van der Waals surface area contributed by atoms with Crippen LogP contribution in [-0.2, 0) is 6.42 Å². The Morgan fingerprint density at radius 3 is 2.19 bits per heavy atom. The van der Waals surface area contributed by atoms with Crippen LogP contribution in [0, 0.1) is 5.92 Å². The molecule has 0 fully saturated rings. The third-order valence-corrected chi connectivity index (χ3v) is 4.76. The van der Waals surface area contributed by atoms with Gasteiger partial charge in [0.05, 0.1) is 11.1 Å². The van der Waals surface area contributed by atoms with Crippen LogP contribution in [0.3, 0.4) is 0 Å². The molecular formula is C18H21BrClN. The van der Waals surface area contributed by atoms with Crippen molar-refractivity contribution >= 4 is 27.5 Å². The van der Waals surface area contributed by atoms with Gasteiger partial charge >= 0.3 is 0 Å². The molecule has 0 aliphatic carbocycles. The van der Waals surface area contributed by atoms with Crippen molar-refractivity contribution in [2.45, 2.75) is 26.3 Å². The van der Waals surface area contributed by atoms with Crippen LogP contribution in [0.15, 0.2) is 46.9 Å². The first-order valence-corrected chi connectivity index (χ1v) is 8.39. The van der Waals surface area contributed by atoms with E-state index >= 15 is 0 Å². The molecule has 0 saturated heterocycles. The Kier molecular flexibility index (Phi) is 5.86. The molecule has 0 heterocycles. The Morgan fingerprint density at radius 1 is 1.05 bits per heavy atom. The van der Waals surface area contributed by atoms with Gasteiger partial charge in [-0.2, -0.15) is 0 Å². The van der Waals surface area contributed by atoms with Gasteiger partial charge in [0.25, 0.3) is 0 Å². The summed E-state index contributed by atoms with van der Waals surface area (Å²) in [6.45, 7) is 4.49. The zero-order valence-electron chi connectivity index (χ0n) is 12.7. The second-order valence-corrected chi connectivity index (χ2v) is 7.00. The molecule has 1 atom stereocenters. The second-order valence-electron chi connectivity index (χ2n) is 5.73. The normalized spacial score (nSPS) is 12.7. The fourth-order valence-electron chi connectivity index (χ4n) is 2.54. The highest BCUT2D eigenvalue weighted by Crippen LogP contribution is 2.29. The van der Waals surface area contributed by atoms with E-state index in [1.54, 1.807) is 0 Å². The van der Waals surface area contributed by atoms with Crippen LogP contribution in [0.1, 0.15) is 36.6 Å². The van der Waals surface area contributed by atoms with E-state index in [-0.39, 0.29) is 6.04 Å². The average Bonchev–Trinajstić information content (AvgIpc) is 2.45. The van der Waals surface area contributed by atoms with Crippen LogP contribution >= 0.6 is 27.5 Å². The Labute approximate surface area is 140 Å². The number of benzene rings is 2. The first kappa shape index (κ1) is 16.5. The van der Waals surface area contributed by atoms with Crippen LogP contribution < -0.4 is 5.32 Å². The lowest BCUT2D eigenvalue weighted by molar-refractivity contribution is 0.645. The lowest BCUT2D eigenvalue weighted by Gasteiger charge is -2.18. The standard InChI is InChI=1S/C18H21BrClN/c1-12(2)10-13-4-6-14(7-5-13)18(21-3)15-8-9-16(19)17(20)11-15/h4-9,11-12,18,21H,10H2,1-3H3. The predicted molar refractivity (Wildman–Crippen MR) is 95.0 cm³/mol. The van der Waals surface area contributed by atoms with Gasteiger partial charge in [0.1, 0.15) is 0 Å². The minimum Gasteiger partial charge on any atom is -0.309 e. The van der Waals surface area contributed by atoms with Gasteiger partial charge in [-0.1, -0.05) is 55.8 Å². The molecule has 3 heteroatoms. The summed E-state index contributed by atoms with van der Waals surface area (Å²) in [7, 11) is 1.97. The van der Waals surface area contributed by atoms with Crippen molar-refractivity contribution in [2.24, 2.45) is 5.92 Å². The van der Waals surface area contributed by atoms with Crippen molar-refractivity contribution in [1.82, 2.24) is 5.32 Å². The highest BCUT2D eigenvalue weighted by molar-refractivity contribution is 9.10. The van der Waals surface area contributed by atoms with Gasteiger partial charge < -0.3 is 5.32 Å². The van der Waals surface area contributed by atoms with Gasteiger partial charge in [0.2, 0.25) is 0 Å². The Balaban J connectivity index is 2.26. The van der Waals surface area contributed by atoms with E-state index in [0.29, 0.717) is 5.92 Å². The summed E-state index contributed by atoms with van der Waals surface area (Å²) in [5.41, 5.74) is 3.81. The summed E-state index contributed by atoms with van der Waals surface area (Å²) in [5, 5.41) is 4.11. The molecule has 0 amide bonds. The number of halogens is 2. The highest BCUT2D eigenvalue weighted by atomic mass is 79.9. The van der Waals surface area contributed by atoms with Crippen molar-refractivity contribution < 1.29 is 0 Å².